The van der Waals surface area contributed by atoms with Crippen LogP contribution < -0.4 is 20.1 Å². The summed E-state index contributed by atoms with van der Waals surface area (Å²) in [6, 6.07) is 18.0. The summed E-state index contributed by atoms with van der Waals surface area (Å²) in [5.41, 5.74) is 8.39. The lowest BCUT2D eigenvalue weighted by atomic mass is 9.98. The van der Waals surface area contributed by atoms with Crippen LogP contribution in [-0.2, 0) is 4.79 Å². The molecule has 1 atom stereocenters. The number of para-hydroxylation sites is 1. The number of benzene rings is 3. The normalized spacial score (nSPS) is 15.5. The van der Waals surface area contributed by atoms with Crippen LogP contribution >= 0.6 is 11.6 Å². The second-order valence-corrected chi connectivity index (χ2v) is 8.30. The topological polar surface area (TPSA) is 115 Å². The number of nitriles is 1. The molecule has 8 nitrogen and oxygen atoms in total. The van der Waals surface area contributed by atoms with Crippen LogP contribution in [0.2, 0.25) is 5.02 Å². The molecule has 0 saturated carbocycles. The molecule has 170 valence electrons. The summed E-state index contributed by atoms with van der Waals surface area (Å²) >= 11 is 6.40. The summed E-state index contributed by atoms with van der Waals surface area (Å²) in [6.45, 7) is 0.481. The molecular formula is C25H19ClN4O4. The molecule has 4 aromatic rings. The van der Waals surface area contributed by atoms with Gasteiger partial charge in [0.1, 0.15) is 11.8 Å². The van der Waals surface area contributed by atoms with Crippen LogP contribution in [0.15, 0.2) is 59.1 Å². The van der Waals surface area contributed by atoms with E-state index in [0.717, 1.165) is 11.3 Å². The summed E-state index contributed by atoms with van der Waals surface area (Å²) in [4.78, 5) is 14.6. The van der Waals surface area contributed by atoms with Gasteiger partial charge in [0.05, 0.1) is 23.1 Å². The van der Waals surface area contributed by atoms with E-state index >= 15 is 0 Å². The molecule has 2 heterocycles. The largest absolute Gasteiger partial charge is 0.493 e. The number of halogens is 1. The van der Waals surface area contributed by atoms with Gasteiger partial charge in [-0.15, -0.1) is 0 Å². The van der Waals surface area contributed by atoms with E-state index in [0.29, 0.717) is 46.0 Å². The number of nitrogens with zero attached hydrogens (tertiary/aromatic N) is 3. The minimum atomic E-state index is -0.0734. The van der Waals surface area contributed by atoms with Crippen LogP contribution in [0.25, 0.3) is 11.0 Å². The zero-order valence-electron chi connectivity index (χ0n) is 18.1. The Labute approximate surface area is 200 Å². The van der Waals surface area contributed by atoms with Crippen LogP contribution in [-0.4, -0.2) is 24.7 Å². The predicted octanol–water partition coefficient (Wildman–Crippen LogP) is 5.26. The van der Waals surface area contributed by atoms with Crippen molar-refractivity contribution in [1.29, 1.82) is 5.26 Å². The van der Waals surface area contributed by atoms with E-state index in [-0.39, 0.29) is 23.4 Å². The summed E-state index contributed by atoms with van der Waals surface area (Å²) in [6.07, 6.45) is 0.330. The number of carbonyl (C=O) groups excluding carboxylic acids is 1. The Bertz CT molecular complexity index is 1460. The molecule has 1 aliphatic heterocycles. The van der Waals surface area contributed by atoms with Crippen molar-refractivity contribution in [3.63, 3.8) is 0 Å². The highest BCUT2D eigenvalue weighted by Gasteiger charge is 2.32. The van der Waals surface area contributed by atoms with Gasteiger partial charge in [-0.3, -0.25) is 4.79 Å². The molecule has 1 fully saturated rings. The first-order valence-corrected chi connectivity index (χ1v) is 10.9. The van der Waals surface area contributed by atoms with Crippen LogP contribution in [0.3, 0.4) is 0 Å². The lowest BCUT2D eigenvalue weighted by molar-refractivity contribution is -0.117. The number of ether oxygens (including phenoxy) is 2. The van der Waals surface area contributed by atoms with Crippen molar-refractivity contribution < 1.29 is 18.8 Å². The zero-order valence-corrected chi connectivity index (χ0v) is 18.9. The van der Waals surface area contributed by atoms with Crippen molar-refractivity contribution in [3.8, 4) is 23.3 Å². The Morgan fingerprint density at radius 2 is 2.06 bits per heavy atom. The van der Waals surface area contributed by atoms with Crippen molar-refractivity contribution in [2.75, 3.05) is 24.3 Å². The van der Waals surface area contributed by atoms with E-state index in [1.54, 1.807) is 41.3 Å². The monoisotopic (exact) mass is 474 g/mol. The number of nitrogen functional groups attached to an aromatic ring is 1. The number of rotatable bonds is 5. The van der Waals surface area contributed by atoms with Gasteiger partial charge in [-0.25, -0.2) is 0 Å². The van der Waals surface area contributed by atoms with E-state index in [2.05, 4.69) is 11.2 Å². The first-order valence-electron chi connectivity index (χ1n) is 10.5. The Morgan fingerprint density at radius 1 is 1.21 bits per heavy atom. The van der Waals surface area contributed by atoms with Crippen molar-refractivity contribution in [2.24, 2.45) is 0 Å². The number of aromatic nitrogens is 1. The minimum absolute atomic E-state index is 0.00621. The van der Waals surface area contributed by atoms with E-state index in [1.807, 2.05) is 18.2 Å². The number of nitrogens with two attached hydrogens (primary N) is 1. The smallest absolute Gasteiger partial charge is 0.227 e. The molecule has 1 saturated heterocycles. The molecule has 0 bridgehead atoms. The predicted molar refractivity (Wildman–Crippen MR) is 127 cm³/mol. The molecule has 1 amide bonds. The second kappa shape index (κ2) is 8.61. The molecular weight excluding hydrogens is 456 g/mol. The molecule has 3 aromatic carbocycles. The molecule has 9 heteroatoms. The summed E-state index contributed by atoms with van der Waals surface area (Å²) in [7, 11) is 1.50. The minimum Gasteiger partial charge on any atom is -0.493 e. The van der Waals surface area contributed by atoms with Gasteiger partial charge >= 0.3 is 0 Å². The third kappa shape index (κ3) is 3.76. The lowest BCUT2D eigenvalue weighted by Gasteiger charge is -2.18. The fraction of sp³-hybridized carbons (Fsp3) is 0.160. The average Bonchev–Trinajstić information content (AvgIpc) is 3.42. The summed E-state index contributed by atoms with van der Waals surface area (Å²) in [5, 5.41) is 14.3. The summed E-state index contributed by atoms with van der Waals surface area (Å²) in [5.74, 6) is 1.29. The molecule has 0 unspecified atom stereocenters. The third-order valence-electron chi connectivity index (χ3n) is 5.88. The average molecular weight is 475 g/mol. The van der Waals surface area contributed by atoms with Gasteiger partial charge in [0.15, 0.2) is 22.9 Å². The molecule has 0 radical (unpaired) electrons. The first kappa shape index (κ1) is 21.6. The van der Waals surface area contributed by atoms with Crippen molar-refractivity contribution >= 4 is 40.0 Å². The van der Waals surface area contributed by atoms with Crippen molar-refractivity contribution in [2.45, 2.75) is 12.3 Å². The number of amides is 1. The standard InChI is InChI=1S/C25H19ClN4O4/c1-32-21-4-2-3-15(12-27)24(21)33-22-9-14(5-7-19(22)26)16-10-23(31)30(13-16)17-6-8-20-18(11-17)25(28)29-34-20/h2-9,11,16H,10,13H2,1H3,(H2,28,29)/t16-/m0/s1. The van der Waals surface area contributed by atoms with Gasteiger partial charge in [0.25, 0.3) is 0 Å². The maximum Gasteiger partial charge on any atom is 0.227 e. The van der Waals surface area contributed by atoms with Crippen LogP contribution in [0.1, 0.15) is 23.5 Å². The van der Waals surface area contributed by atoms with E-state index < -0.39 is 0 Å². The van der Waals surface area contributed by atoms with Crippen LogP contribution in [0.4, 0.5) is 11.5 Å². The molecule has 5 rings (SSSR count). The van der Waals surface area contributed by atoms with E-state index in [1.165, 1.54) is 7.11 Å². The van der Waals surface area contributed by atoms with Gasteiger partial charge in [0.2, 0.25) is 5.91 Å². The lowest BCUT2D eigenvalue weighted by Crippen LogP contribution is -2.24. The number of hydrogen-bond acceptors (Lipinski definition) is 7. The quantitative estimate of drug-likeness (QED) is 0.419. The van der Waals surface area contributed by atoms with Crippen molar-refractivity contribution in [3.05, 3.63) is 70.7 Å². The maximum atomic E-state index is 12.9. The van der Waals surface area contributed by atoms with Crippen LogP contribution in [0, 0.1) is 11.3 Å². The van der Waals surface area contributed by atoms with Gasteiger partial charge in [0, 0.05) is 24.6 Å². The Hall–Kier alpha value is -4.22. The molecule has 34 heavy (non-hydrogen) atoms. The van der Waals surface area contributed by atoms with Crippen molar-refractivity contribution in [1.82, 2.24) is 5.16 Å². The van der Waals surface area contributed by atoms with Gasteiger partial charge in [-0.2, -0.15) is 5.26 Å². The molecule has 0 spiro atoms. The van der Waals surface area contributed by atoms with Gasteiger partial charge in [-0.05, 0) is 48.0 Å². The highest BCUT2D eigenvalue weighted by molar-refractivity contribution is 6.32. The molecule has 1 aliphatic rings. The maximum absolute atomic E-state index is 12.9. The van der Waals surface area contributed by atoms with Crippen LogP contribution in [0.5, 0.6) is 17.2 Å². The second-order valence-electron chi connectivity index (χ2n) is 7.89. The summed E-state index contributed by atoms with van der Waals surface area (Å²) < 4.78 is 16.5. The SMILES string of the molecule is COc1cccc(C#N)c1Oc1cc([C@H]2CC(=O)N(c3ccc4onc(N)c4c3)C2)ccc1Cl. The fourth-order valence-corrected chi connectivity index (χ4v) is 4.28. The zero-order chi connectivity index (χ0) is 23.8. The highest BCUT2D eigenvalue weighted by Crippen LogP contribution is 2.40. The Balaban J connectivity index is 1.43. The van der Waals surface area contributed by atoms with Gasteiger partial charge in [-0.1, -0.05) is 28.9 Å². The molecule has 2 N–H and O–H groups in total. The van der Waals surface area contributed by atoms with Gasteiger partial charge < -0.3 is 24.6 Å². The number of carbonyl (C=O) groups is 1. The van der Waals surface area contributed by atoms with E-state index in [9.17, 15) is 10.1 Å². The number of anilines is 2. The third-order valence-corrected chi connectivity index (χ3v) is 6.19. The first-order chi connectivity index (χ1) is 16.5. The number of hydrogen-bond donors (Lipinski definition) is 1. The van der Waals surface area contributed by atoms with E-state index in [4.69, 9.17) is 31.3 Å². The highest BCUT2D eigenvalue weighted by atomic mass is 35.5. The Morgan fingerprint density at radius 3 is 2.85 bits per heavy atom. The Kier molecular flexibility index (Phi) is 5.48. The molecule has 0 aliphatic carbocycles. The molecule has 1 aromatic heterocycles. The number of fused-ring (bicyclic) bond motifs is 1. The number of methoxy groups -OCH3 is 1. The fourth-order valence-electron chi connectivity index (χ4n) is 4.13.